The molecule has 6 rings (SSSR count). The summed E-state index contributed by atoms with van der Waals surface area (Å²) in [5, 5.41) is 15.6. The molecule has 3 aromatic rings. The summed E-state index contributed by atoms with van der Waals surface area (Å²) in [4.78, 5) is 33.5. The van der Waals surface area contributed by atoms with E-state index in [1.165, 1.54) is 5.56 Å². The van der Waals surface area contributed by atoms with E-state index in [2.05, 4.69) is 22.4 Å². The number of nitrogens with zero attached hydrogens (tertiary/aromatic N) is 3. The molecule has 2 saturated heterocycles. The highest BCUT2D eigenvalue weighted by Gasteiger charge is 2.56. The van der Waals surface area contributed by atoms with Crippen LogP contribution < -0.4 is 10.9 Å². The van der Waals surface area contributed by atoms with Crippen molar-refractivity contribution in [3.63, 3.8) is 0 Å². The summed E-state index contributed by atoms with van der Waals surface area (Å²) in [5.41, 5.74) is 1.09. The molecule has 0 bridgehead atoms. The van der Waals surface area contributed by atoms with Crippen LogP contribution in [-0.2, 0) is 11.3 Å². The van der Waals surface area contributed by atoms with Crippen molar-refractivity contribution in [1.82, 2.24) is 19.8 Å². The zero-order valence-electron chi connectivity index (χ0n) is 21.8. The SMILES string of the molecule is O=C([C@H]1CNC[C@@H]1c1ccccc1)N1CC[C@@](O)(Cn2cnc(-c3ccccc3)cc2=O)C2(CCCC2)C1. The van der Waals surface area contributed by atoms with Crippen LogP contribution in [0.1, 0.15) is 43.6 Å². The quantitative estimate of drug-likeness (QED) is 0.547. The summed E-state index contributed by atoms with van der Waals surface area (Å²) >= 11 is 0. The van der Waals surface area contributed by atoms with Crippen molar-refractivity contribution >= 4 is 5.91 Å². The minimum atomic E-state index is -1.06. The Morgan fingerprint density at radius 1 is 1.00 bits per heavy atom. The van der Waals surface area contributed by atoms with E-state index in [1.807, 2.05) is 53.4 Å². The second kappa shape index (κ2) is 10.1. The number of rotatable bonds is 5. The van der Waals surface area contributed by atoms with E-state index in [4.69, 9.17) is 0 Å². The number of aliphatic hydroxyl groups is 1. The fourth-order valence-corrected chi connectivity index (χ4v) is 7.10. The molecule has 1 spiro atoms. The average molecular weight is 513 g/mol. The molecule has 2 aromatic carbocycles. The molecule has 2 N–H and O–H groups in total. The second-order valence-corrected chi connectivity index (χ2v) is 11.4. The summed E-state index contributed by atoms with van der Waals surface area (Å²) in [6, 6.07) is 21.5. The van der Waals surface area contributed by atoms with Crippen LogP contribution in [0.5, 0.6) is 0 Å². The number of nitrogens with one attached hydrogen (secondary N) is 1. The van der Waals surface area contributed by atoms with Gasteiger partial charge in [-0.05, 0) is 24.8 Å². The topological polar surface area (TPSA) is 87.5 Å². The molecule has 3 fully saturated rings. The largest absolute Gasteiger partial charge is 0.387 e. The van der Waals surface area contributed by atoms with Crippen LogP contribution in [0, 0.1) is 11.3 Å². The van der Waals surface area contributed by atoms with Gasteiger partial charge in [0.2, 0.25) is 5.91 Å². The van der Waals surface area contributed by atoms with Gasteiger partial charge in [0.15, 0.2) is 0 Å². The molecule has 1 aliphatic carbocycles. The van der Waals surface area contributed by atoms with Crippen molar-refractivity contribution in [2.24, 2.45) is 11.3 Å². The summed E-state index contributed by atoms with van der Waals surface area (Å²) < 4.78 is 1.55. The summed E-state index contributed by atoms with van der Waals surface area (Å²) in [6.07, 6.45) is 5.81. The average Bonchev–Trinajstić information content (AvgIpc) is 3.63. The highest BCUT2D eigenvalue weighted by molar-refractivity contribution is 5.81. The van der Waals surface area contributed by atoms with Crippen LogP contribution in [0.3, 0.4) is 0 Å². The smallest absolute Gasteiger partial charge is 0.253 e. The molecule has 1 saturated carbocycles. The number of hydrogen-bond donors (Lipinski definition) is 2. The monoisotopic (exact) mass is 512 g/mol. The third-order valence-corrected chi connectivity index (χ3v) is 9.29. The van der Waals surface area contributed by atoms with Crippen molar-refractivity contribution in [2.45, 2.75) is 50.2 Å². The fraction of sp³-hybridized carbons (Fsp3) is 0.452. The number of carbonyl (C=O) groups excluding carboxylic acids is 1. The Hall–Kier alpha value is -3.29. The van der Waals surface area contributed by atoms with Crippen molar-refractivity contribution < 1.29 is 9.90 Å². The Kier molecular flexibility index (Phi) is 6.66. The lowest BCUT2D eigenvalue weighted by Gasteiger charge is -2.52. The number of aromatic nitrogens is 2. The zero-order valence-corrected chi connectivity index (χ0v) is 21.8. The predicted octanol–water partition coefficient (Wildman–Crippen LogP) is 3.44. The molecular weight excluding hydrogens is 476 g/mol. The molecule has 1 aromatic heterocycles. The van der Waals surface area contributed by atoms with E-state index in [0.717, 1.165) is 37.8 Å². The molecule has 7 nitrogen and oxygen atoms in total. The first kappa shape index (κ1) is 25.0. The maximum Gasteiger partial charge on any atom is 0.253 e. The Labute approximate surface area is 223 Å². The molecule has 3 atom stereocenters. The van der Waals surface area contributed by atoms with Crippen molar-refractivity contribution in [2.75, 3.05) is 26.2 Å². The standard InChI is InChI=1S/C31H36N4O3/c36-28-17-27(24-11-5-2-6-12-24)33-22-35(28)21-31(38)15-16-34(20-30(31)13-7-8-14-30)29(37)26-19-32-18-25(26)23-9-3-1-4-10-23/h1-6,9-12,17,22,25-26,32,38H,7-8,13-16,18-21H2/t25-,26+,31-/m1/s1. The number of piperidine rings is 1. The normalized spacial score (nSPS) is 26.6. The molecule has 7 heteroatoms. The van der Waals surface area contributed by atoms with Gasteiger partial charge in [-0.25, -0.2) is 4.98 Å². The number of amides is 1. The van der Waals surface area contributed by atoms with Gasteiger partial charge in [-0.3, -0.25) is 14.2 Å². The second-order valence-electron chi connectivity index (χ2n) is 11.4. The summed E-state index contributed by atoms with van der Waals surface area (Å²) in [6.45, 7) is 2.73. The minimum Gasteiger partial charge on any atom is -0.387 e. The maximum absolute atomic E-state index is 13.9. The van der Waals surface area contributed by atoms with E-state index in [1.54, 1.807) is 17.0 Å². The van der Waals surface area contributed by atoms with E-state index in [-0.39, 0.29) is 29.8 Å². The van der Waals surface area contributed by atoms with E-state index >= 15 is 0 Å². The first-order valence-electron chi connectivity index (χ1n) is 13.9. The molecule has 2 aliphatic heterocycles. The van der Waals surface area contributed by atoms with Gasteiger partial charge in [-0.15, -0.1) is 0 Å². The highest BCUT2D eigenvalue weighted by Crippen LogP contribution is 2.52. The van der Waals surface area contributed by atoms with Crippen LogP contribution in [0.15, 0.2) is 77.9 Å². The van der Waals surface area contributed by atoms with E-state index in [0.29, 0.717) is 31.7 Å². The molecule has 38 heavy (non-hydrogen) atoms. The van der Waals surface area contributed by atoms with Gasteiger partial charge in [0.1, 0.15) is 0 Å². The molecule has 3 aliphatic rings. The van der Waals surface area contributed by atoms with Crippen LogP contribution in [0.25, 0.3) is 11.3 Å². The number of likely N-dealkylation sites (tertiary alicyclic amines) is 1. The van der Waals surface area contributed by atoms with Crippen LogP contribution in [-0.4, -0.2) is 57.2 Å². The van der Waals surface area contributed by atoms with Gasteiger partial charge in [0.05, 0.1) is 30.1 Å². The Balaban J connectivity index is 1.22. The van der Waals surface area contributed by atoms with Gasteiger partial charge in [-0.1, -0.05) is 73.5 Å². The predicted molar refractivity (Wildman–Crippen MR) is 147 cm³/mol. The molecule has 3 heterocycles. The van der Waals surface area contributed by atoms with Gasteiger partial charge in [0, 0.05) is 49.1 Å². The summed E-state index contributed by atoms with van der Waals surface area (Å²) in [5.74, 6) is 0.249. The van der Waals surface area contributed by atoms with Crippen molar-refractivity contribution in [3.05, 3.63) is 89.0 Å². The van der Waals surface area contributed by atoms with Crippen LogP contribution in [0.4, 0.5) is 0 Å². The van der Waals surface area contributed by atoms with Gasteiger partial charge in [0.25, 0.3) is 5.56 Å². The van der Waals surface area contributed by atoms with E-state index in [9.17, 15) is 14.7 Å². The first-order valence-corrected chi connectivity index (χ1v) is 13.9. The van der Waals surface area contributed by atoms with Gasteiger partial charge < -0.3 is 15.3 Å². The Morgan fingerprint density at radius 3 is 2.42 bits per heavy atom. The molecule has 1 amide bonds. The lowest BCUT2D eigenvalue weighted by Crippen LogP contribution is -2.62. The third-order valence-electron chi connectivity index (χ3n) is 9.29. The van der Waals surface area contributed by atoms with Gasteiger partial charge >= 0.3 is 0 Å². The number of carbonyl (C=O) groups is 1. The lowest BCUT2D eigenvalue weighted by atomic mass is 9.65. The first-order chi connectivity index (χ1) is 18.5. The Morgan fingerprint density at radius 2 is 1.71 bits per heavy atom. The minimum absolute atomic E-state index is 0.0978. The third kappa shape index (κ3) is 4.48. The van der Waals surface area contributed by atoms with Crippen LogP contribution >= 0.6 is 0 Å². The molecule has 0 unspecified atom stereocenters. The highest BCUT2D eigenvalue weighted by atomic mass is 16.3. The van der Waals surface area contributed by atoms with Gasteiger partial charge in [-0.2, -0.15) is 0 Å². The molecule has 0 radical (unpaired) electrons. The number of hydrogen-bond acceptors (Lipinski definition) is 5. The van der Waals surface area contributed by atoms with E-state index < -0.39 is 11.0 Å². The maximum atomic E-state index is 13.9. The number of benzene rings is 2. The van der Waals surface area contributed by atoms with Crippen molar-refractivity contribution in [3.8, 4) is 11.3 Å². The van der Waals surface area contributed by atoms with Crippen LogP contribution in [0.2, 0.25) is 0 Å². The zero-order chi connectivity index (χ0) is 26.2. The molecule has 198 valence electrons. The fourth-order valence-electron chi connectivity index (χ4n) is 7.10. The lowest BCUT2D eigenvalue weighted by molar-refractivity contribution is -0.163. The molecular formula is C31H36N4O3. The van der Waals surface area contributed by atoms with Crippen molar-refractivity contribution in [1.29, 1.82) is 0 Å². The Bertz CT molecular complexity index is 1340. The summed E-state index contributed by atoms with van der Waals surface area (Å²) in [7, 11) is 0.